The Morgan fingerprint density at radius 1 is 1.30 bits per heavy atom. The van der Waals surface area contributed by atoms with E-state index in [0.717, 1.165) is 5.56 Å². The van der Waals surface area contributed by atoms with Gasteiger partial charge in [0.2, 0.25) is 0 Å². The first-order valence-electron chi connectivity index (χ1n) is 6.71. The van der Waals surface area contributed by atoms with Crippen molar-refractivity contribution in [2.45, 2.75) is 45.4 Å². The zero-order valence-electron chi connectivity index (χ0n) is 11.5. The number of alkyl halides is 3. The topological polar surface area (TPSA) is 26.3 Å². The van der Waals surface area contributed by atoms with Gasteiger partial charge in [-0.15, -0.1) is 13.2 Å². The molecule has 1 aromatic carbocycles. The van der Waals surface area contributed by atoms with E-state index in [4.69, 9.17) is 0 Å². The molecule has 0 aliphatic heterocycles. The summed E-state index contributed by atoms with van der Waals surface area (Å²) in [5, 5.41) is 0. The molecule has 0 saturated heterocycles. The molecule has 0 radical (unpaired) electrons. The number of Topliss-reactive ketones (excluding diaryl/α,β-unsaturated/α-hetero) is 1. The van der Waals surface area contributed by atoms with Gasteiger partial charge in [-0.3, -0.25) is 4.79 Å². The summed E-state index contributed by atoms with van der Waals surface area (Å²) in [5.74, 6) is -0.0353. The summed E-state index contributed by atoms with van der Waals surface area (Å²) in [7, 11) is 0. The number of carbonyl (C=O) groups is 1. The van der Waals surface area contributed by atoms with Crippen molar-refractivity contribution in [2.24, 2.45) is 5.41 Å². The molecule has 0 spiro atoms. The van der Waals surface area contributed by atoms with Crippen LogP contribution < -0.4 is 4.74 Å². The molecule has 1 aliphatic carbocycles. The van der Waals surface area contributed by atoms with Crippen LogP contribution in [0.4, 0.5) is 13.2 Å². The fraction of sp³-hybridized carbons (Fsp3) is 0.533. The summed E-state index contributed by atoms with van der Waals surface area (Å²) in [5.41, 5.74) is 0.326. The predicted molar refractivity (Wildman–Crippen MR) is 68.5 cm³/mol. The first-order chi connectivity index (χ1) is 9.32. The van der Waals surface area contributed by atoms with E-state index < -0.39 is 11.8 Å². The van der Waals surface area contributed by atoms with Gasteiger partial charge in [0, 0.05) is 17.8 Å². The molecule has 1 aromatic rings. The maximum Gasteiger partial charge on any atom is 0.573 e. The Morgan fingerprint density at radius 2 is 1.95 bits per heavy atom. The van der Waals surface area contributed by atoms with Gasteiger partial charge in [-0.2, -0.15) is 0 Å². The van der Waals surface area contributed by atoms with Crippen LogP contribution in [-0.4, -0.2) is 12.1 Å². The maximum absolute atomic E-state index is 12.2. The van der Waals surface area contributed by atoms with Crippen molar-refractivity contribution < 1.29 is 22.7 Å². The molecule has 0 amide bonds. The SMILES string of the molecule is CCC1(CC)C(=O)CC1c1cccc(OC(F)(F)F)c1. The number of hydrogen-bond acceptors (Lipinski definition) is 2. The Balaban J connectivity index is 2.26. The number of carbonyl (C=O) groups excluding carboxylic acids is 1. The summed E-state index contributed by atoms with van der Waals surface area (Å²) in [6, 6.07) is 5.97. The first-order valence-corrected chi connectivity index (χ1v) is 6.71. The number of rotatable bonds is 4. The lowest BCUT2D eigenvalue weighted by atomic mass is 9.54. The van der Waals surface area contributed by atoms with Gasteiger partial charge in [-0.25, -0.2) is 0 Å². The van der Waals surface area contributed by atoms with Crippen LogP contribution >= 0.6 is 0 Å². The minimum Gasteiger partial charge on any atom is -0.406 e. The molecule has 1 unspecified atom stereocenters. The van der Waals surface area contributed by atoms with E-state index in [1.165, 1.54) is 18.2 Å². The molecule has 110 valence electrons. The van der Waals surface area contributed by atoms with Crippen molar-refractivity contribution in [1.82, 2.24) is 0 Å². The highest BCUT2D eigenvalue weighted by Gasteiger charge is 2.52. The molecule has 0 aromatic heterocycles. The van der Waals surface area contributed by atoms with Gasteiger partial charge in [0.1, 0.15) is 11.5 Å². The number of ether oxygens (including phenoxy) is 1. The van der Waals surface area contributed by atoms with Gasteiger partial charge < -0.3 is 4.74 Å². The van der Waals surface area contributed by atoms with E-state index >= 15 is 0 Å². The van der Waals surface area contributed by atoms with Gasteiger partial charge in [-0.1, -0.05) is 26.0 Å². The summed E-state index contributed by atoms with van der Waals surface area (Å²) in [4.78, 5) is 11.9. The van der Waals surface area contributed by atoms with Crippen molar-refractivity contribution in [3.63, 3.8) is 0 Å². The van der Waals surface area contributed by atoms with E-state index in [0.29, 0.717) is 19.3 Å². The van der Waals surface area contributed by atoms with Crippen LogP contribution in [0.25, 0.3) is 0 Å². The molecule has 0 N–H and O–H groups in total. The predicted octanol–water partition coefficient (Wildman–Crippen LogP) is 4.45. The number of hydrogen-bond donors (Lipinski definition) is 0. The van der Waals surface area contributed by atoms with Gasteiger partial charge >= 0.3 is 6.36 Å². The normalized spacial score (nSPS) is 21.4. The Morgan fingerprint density at radius 3 is 2.45 bits per heavy atom. The van der Waals surface area contributed by atoms with Crippen LogP contribution in [0.1, 0.15) is 44.6 Å². The Kier molecular flexibility index (Phi) is 3.80. The summed E-state index contributed by atoms with van der Waals surface area (Å²) in [6.07, 6.45) is -2.88. The average Bonchev–Trinajstić information content (AvgIpc) is 2.36. The highest BCUT2D eigenvalue weighted by Crippen LogP contribution is 2.54. The maximum atomic E-state index is 12.2. The zero-order chi connectivity index (χ0) is 15.0. The van der Waals surface area contributed by atoms with E-state index in [2.05, 4.69) is 4.74 Å². The minimum atomic E-state index is -4.69. The monoisotopic (exact) mass is 286 g/mol. The van der Waals surface area contributed by atoms with Crippen molar-refractivity contribution in [3.8, 4) is 5.75 Å². The van der Waals surface area contributed by atoms with Gasteiger partial charge in [0.05, 0.1) is 0 Å². The second-order valence-corrected chi connectivity index (χ2v) is 5.16. The van der Waals surface area contributed by atoms with Crippen LogP contribution in [-0.2, 0) is 4.79 Å². The molecule has 2 nitrogen and oxygen atoms in total. The molecule has 1 saturated carbocycles. The smallest absolute Gasteiger partial charge is 0.406 e. The van der Waals surface area contributed by atoms with Crippen LogP contribution in [0.3, 0.4) is 0 Å². The third kappa shape index (κ3) is 2.53. The van der Waals surface area contributed by atoms with Crippen molar-refractivity contribution in [2.75, 3.05) is 0 Å². The molecule has 0 heterocycles. The fourth-order valence-electron chi connectivity index (χ4n) is 3.15. The van der Waals surface area contributed by atoms with E-state index in [-0.39, 0.29) is 17.5 Å². The quantitative estimate of drug-likeness (QED) is 0.817. The largest absolute Gasteiger partial charge is 0.573 e. The molecule has 5 heteroatoms. The minimum absolute atomic E-state index is 0.0122. The van der Waals surface area contributed by atoms with Crippen LogP contribution in [0.2, 0.25) is 0 Å². The van der Waals surface area contributed by atoms with Crippen molar-refractivity contribution in [1.29, 1.82) is 0 Å². The molecule has 2 rings (SSSR count). The van der Waals surface area contributed by atoms with Gasteiger partial charge in [0.25, 0.3) is 0 Å². The van der Waals surface area contributed by atoms with Crippen molar-refractivity contribution >= 4 is 5.78 Å². The highest BCUT2D eigenvalue weighted by molar-refractivity contribution is 5.93. The third-order valence-corrected chi connectivity index (χ3v) is 4.37. The van der Waals surface area contributed by atoms with E-state index in [1.807, 2.05) is 13.8 Å². The standard InChI is InChI=1S/C15H17F3O2/c1-3-14(4-2)12(9-13(14)19)10-6-5-7-11(8-10)20-15(16,17)18/h5-8,12H,3-4,9H2,1-2H3. The lowest BCUT2D eigenvalue weighted by Crippen LogP contribution is -2.47. The lowest BCUT2D eigenvalue weighted by Gasteiger charge is -2.47. The Hall–Kier alpha value is -1.52. The second-order valence-electron chi connectivity index (χ2n) is 5.16. The first kappa shape index (κ1) is 14.9. The van der Waals surface area contributed by atoms with E-state index in [9.17, 15) is 18.0 Å². The number of ketones is 1. The van der Waals surface area contributed by atoms with Crippen LogP contribution in [0, 0.1) is 5.41 Å². The Bertz CT molecular complexity index is 504. The zero-order valence-corrected chi connectivity index (χ0v) is 11.5. The molecule has 1 fully saturated rings. The van der Waals surface area contributed by atoms with Crippen molar-refractivity contribution in [3.05, 3.63) is 29.8 Å². The number of halogens is 3. The summed E-state index contributed by atoms with van der Waals surface area (Å²) in [6.45, 7) is 3.90. The molecule has 1 aliphatic rings. The summed E-state index contributed by atoms with van der Waals surface area (Å²) < 4.78 is 40.7. The fourth-order valence-corrected chi connectivity index (χ4v) is 3.15. The van der Waals surface area contributed by atoms with Crippen LogP contribution in [0.15, 0.2) is 24.3 Å². The molecule has 20 heavy (non-hydrogen) atoms. The second kappa shape index (κ2) is 5.11. The lowest BCUT2D eigenvalue weighted by molar-refractivity contribution is -0.274. The Labute approximate surface area is 115 Å². The van der Waals surface area contributed by atoms with Crippen LogP contribution in [0.5, 0.6) is 5.75 Å². The van der Waals surface area contributed by atoms with Gasteiger partial charge in [-0.05, 0) is 30.5 Å². The van der Waals surface area contributed by atoms with E-state index in [1.54, 1.807) is 6.07 Å². The third-order valence-electron chi connectivity index (χ3n) is 4.37. The summed E-state index contributed by atoms with van der Waals surface area (Å²) >= 11 is 0. The average molecular weight is 286 g/mol. The molecule has 1 atom stereocenters. The molecular formula is C15H17F3O2. The van der Waals surface area contributed by atoms with Gasteiger partial charge in [0.15, 0.2) is 0 Å². The number of benzene rings is 1. The molecular weight excluding hydrogens is 269 g/mol. The molecule has 0 bridgehead atoms. The highest BCUT2D eigenvalue weighted by atomic mass is 19.4.